The van der Waals surface area contributed by atoms with Gasteiger partial charge in [-0.2, -0.15) is 0 Å². The number of unbranched alkanes of at least 4 members (excludes halogenated alkanes) is 2. The fourth-order valence-electron chi connectivity index (χ4n) is 1.81. The first-order valence-electron chi connectivity index (χ1n) is 7.39. The normalized spacial score (nSPS) is 13.4. The van der Waals surface area contributed by atoms with E-state index in [1.165, 1.54) is 0 Å². The maximum absolute atomic E-state index is 11.6. The van der Waals surface area contributed by atoms with Crippen LogP contribution in [0.2, 0.25) is 0 Å². The summed E-state index contributed by atoms with van der Waals surface area (Å²) < 4.78 is 0. The molecule has 0 aliphatic heterocycles. The van der Waals surface area contributed by atoms with Crippen LogP contribution in [0.25, 0.3) is 0 Å². The van der Waals surface area contributed by atoms with Gasteiger partial charge in [0.2, 0.25) is 0 Å². The van der Waals surface area contributed by atoms with Crippen molar-refractivity contribution in [2.75, 3.05) is 19.8 Å². The Kier molecular flexibility index (Phi) is 16.1. The number of hydrogen-bond acceptors (Lipinski definition) is 5. The number of nitrogens with zero attached hydrogens (tertiary/aromatic N) is 2. The largest absolute Gasteiger partial charge is 1.00 e. The molecule has 1 unspecified atom stereocenters. The average molecular weight is 306 g/mol. The third kappa shape index (κ3) is 15.6. The SMILES string of the molecule is C/C=C/CCCCC([O-])=NCN(CCC(=O)O)CC(C)O.[Li+]. The minimum Gasteiger partial charge on any atom is -0.862 e. The van der Waals surface area contributed by atoms with Crippen LogP contribution >= 0.6 is 0 Å². The molecule has 22 heavy (non-hydrogen) atoms. The van der Waals surface area contributed by atoms with E-state index >= 15 is 0 Å². The Balaban J connectivity index is 0. The van der Waals surface area contributed by atoms with Gasteiger partial charge in [-0.3, -0.25) is 14.7 Å². The van der Waals surface area contributed by atoms with Crippen LogP contribution < -0.4 is 24.0 Å². The second kappa shape index (κ2) is 15.1. The van der Waals surface area contributed by atoms with Crippen LogP contribution in [0.1, 0.15) is 46.0 Å². The zero-order valence-corrected chi connectivity index (χ0v) is 14.0. The molecule has 0 radical (unpaired) electrons. The average Bonchev–Trinajstić information content (AvgIpc) is 2.41. The fourth-order valence-corrected chi connectivity index (χ4v) is 1.81. The minimum atomic E-state index is -0.902. The van der Waals surface area contributed by atoms with Crippen LogP contribution in [0.15, 0.2) is 17.1 Å². The maximum Gasteiger partial charge on any atom is 1.00 e. The van der Waals surface area contributed by atoms with Gasteiger partial charge in [0, 0.05) is 13.1 Å². The molecule has 0 aromatic heterocycles. The Morgan fingerprint density at radius 2 is 2.05 bits per heavy atom. The van der Waals surface area contributed by atoms with Crippen molar-refractivity contribution in [1.82, 2.24) is 4.90 Å². The van der Waals surface area contributed by atoms with Gasteiger partial charge in [-0.05, 0) is 45.4 Å². The van der Waals surface area contributed by atoms with Crippen molar-refractivity contribution in [3.8, 4) is 0 Å². The van der Waals surface area contributed by atoms with E-state index in [1.807, 2.05) is 13.0 Å². The first-order chi connectivity index (χ1) is 9.95. The molecule has 0 aromatic carbocycles. The molecule has 0 saturated heterocycles. The van der Waals surface area contributed by atoms with E-state index in [0.29, 0.717) is 13.0 Å². The zero-order chi connectivity index (χ0) is 16.1. The number of rotatable bonds is 12. The van der Waals surface area contributed by atoms with Crippen LogP contribution in [0, 0.1) is 0 Å². The predicted molar refractivity (Wildman–Crippen MR) is 81.1 cm³/mol. The summed E-state index contributed by atoms with van der Waals surface area (Å²) in [6, 6.07) is 0. The van der Waals surface area contributed by atoms with Gasteiger partial charge in [0.15, 0.2) is 0 Å². The number of carboxylic acid groups (broad SMARTS) is 1. The summed E-state index contributed by atoms with van der Waals surface area (Å²) in [6.07, 6.45) is 6.60. The van der Waals surface area contributed by atoms with Crippen molar-refractivity contribution in [1.29, 1.82) is 0 Å². The van der Waals surface area contributed by atoms with E-state index in [9.17, 15) is 15.0 Å². The summed E-state index contributed by atoms with van der Waals surface area (Å²) in [7, 11) is 0. The molecule has 0 bridgehead atoms. The Morgan fingerprint density at radius 3 is 2.59 bits per heavy atom. The van der Waals surface area contributed by atoms with Crippen molar-refractivity contribution in [2.45, 2.75) is 52.1 Å². The quantitative estimate of drug-likeness (QED) is 0.143. The van der Waals surface area contributed by atoms with Gasteiger partial charge in [0.25, 0.3) is 0 Å². The van der Waals surface area contributed by atoms with E-state index in [1.54, 1.807) is 11.8 Å². The Bertz CT molecular complexity index is 346. The van der Waals surface area contributed by atoms with E-state index < -0.39 is 12.1 Å². The van der Waals surface area contributed by atoms with Crippen molar-refractivity contribution in [2.24, 2.45) is 4.99 Å². The summed E-state index contributed by atoms with van der Waals surface area (Å²) in [6.45, 7) is 4.32. The summed E-state index contributed by atoms with van der Waals surface area (Å²) in [5.41, 5.74) is 0. The van der Waals surface area contributed by atoms with Crippen LogP contribution in [0.4, 0.5) is 0 Å². The number of aliphatic carboxylic acids is 1. The monoisotopic (exact) mass is 306 g/mol. The van der Waals surface area contributed by atoms with Crippen LogP contribution in [-0.4, -0.2) is 52.8 Å². The molecule has 122 valence electrons. The number of aliphatic imine (C=N–C) groups is 1. The van der Waals surface area contributed by atoms with E-state index in [-0.39, 0.29) is 44.4 Å². The van der Waals surface area contributed by atoms with Gasteiger partial charge in [0.1, 0.15) is 0 Å². The molecule has 0 aromatic rings. The number of allylic oxidation sites excluding steroid dienone is 2. The number of carboxylic acids is 1. The van der Waals surface area contributed by atoms with Gasteiger partial charge >= 0.3 is 24.8 Å². The van der Waals surface area contributed by atoms with Crippen molar-refractivity contribution in [3.05, 3.63) is 12.2 Å². The smallest absolute Gasteiger partial charge is 0.862 e. The van der Waals surface area contributed by atoms with Crippen molar-refractivity contribution < 1.29 is 39.0 Å². The third-order valence-electron chi connectivity index (χ3n) is 2.86. The molecule has 1 atom stereocenters. The Hall–Kier alpha value is -0.803. The van der Waals surface area contributed by atoms with E-state index in [2.05, 4.69) is 11.1 Å². The van der Waals surface area contributed by atoms with Gasteiger partial charge in [-0.25, -0.2) is 0 Å². The molecule has 0 rings (SSSR count). The first kappa shape index (κ1) is 23.5. The molecule has 0 aliphatic rings. The number of aliphatic hydroxyl groups is 1. The third-order valence-corrected chi connectivity index (χ3v) is 2.86. The second-order valence-electron chi connectivity index (χ2n) is 5.08. The number of hydrogen-bond donors (Lipinski definition) is 2. The van der Waals surface area contributed by atoms with Gasteiger partial charge in [0.05, 0.1) is 19.2 Å². The number of aliphatic hydroxyl groups excluding tert-OH is 1. The molecular weight excluding hydrogens is 279 g/mol. The van der Waals surface area contributed by atoms with Gasteiger partial charge in [-0.15, -0.1) is 0 Å². The Labute approximate surface area is 145 Å². The van der Waals surface area contributed by atoms with Crippen molar-refractivity contribution in [3.63, 3.8) is 0 Å². The summed E-state index contributed by atoms with van der Waals surface area (Å²) in [5.74, 6) is -1.07. The van der Waals surface area contributed by atoms with Gasteiger partial charge in [-0.1, -0.05) is 12.2 Å². The van der Waals surface area contributed by atoms with Crippen LogP contribution in [0.3, 0.4) is 0 Å². The Morgan fingerprint density at radius 1 is 1.36 bits per heavy atom. The molecule has 7 heteroatoms. The number of carbonyl (C=O) groups is 1. The predicted octanol–water partition coefficient (Wildman–Crippen LogP) is -2.00. The maximum atomic E-state index is 11.6. The van der Waals surface area contributed by atoms with Crippen LogP contribution in [0.5, 0.6) is 0 Å². The summed E-state index contributed by atoms with van der Waals surface area (Å²) in [4.78, 5) is 16.2. The van der Waals surface area contributed by atoms with E-state index in [0.717, 1.165) is 19.3 Å². The second-order valence-corrected chi connectivity index (χ2v) is 5.08. The van der Waals surface area contributed by atoms with Crippen LogP contribution in [-0.2, 0) is 4.79 Å². The van der Waals surface area contributed by atoms with Crippen molar-refractivity contribution >= 4 is 11.9 Å². The molecule has 0 saturated carbocycles. The molecule has 0 heterocycles. The summed E-state index contributed by atoms with van der Waals surface area (Å²) >= 11 is 0. The fraction of sp³-hybridized carbons (Fsp3) is 0.733. The topological polar surface area (TPSA) is 96.2 Å². The first-order valence-corrected chi connectivity index (χ1v) is 7.39. The van der Waals surface area contributed by atoms with E-state index in [4.69, 9.17) is 5.11 Å². The molecule has 0 aliphatic carbocycles. The summed E-state index contributed by atoms with van der Waals surface area (Å²) in [5, 5.41) is 29.6. The zero-order valence-electron chi connectivity index (χ0n) is 14.0. The minimum absolute atomic E-state index is 0. The molecule has 2 N–H and O–H groups in total. The molecule has 0 amide bonds. The molecular formula is C15H27LiN2O4. The molecule has 0 spiro atoms. The molecule has 6 nitrogen and oxygen atoms in total. The molecule has 0 fully saturated rings. The standard InChI is InChI=1S/C15H28N2O4.Li/c1-3-4-5-6-7-8-14(19)16-12-17(11-13(2)18)10-9-15(20)21;/h3-4,13,18H,5-12H2,1-2H3,(H,16,19)(H,20,21);/q;+1/p-1/b4-3+;. The van der Waals surface area contributed by atoms with Gasteiger partial charge < -0.3 is 15.3 Å².